The Morgan fingerprint density at radius 2 is 1.82 bits per heavy atom. The highest BCUT2D eigenvalue weighted by Gasteiger charge is 2.02. The number of hydrogen-bond donors (Lipinski definition) is 1. The van der Waals surface area contributed by atoms with E-state index in [1.165, 1.54) is 38.6 Å². The molecule has 11 heavy (non-hydrogen) atoms. The second-order valence-electron chi connectivity index (χ2n) is 3.20. The Hall–Kier alpha value is -0.0400. The maximum Gasteiger partial charge on any atom is 0.00644 e. The molecule has 1 heteroatoms. The van der Waals surface area contributed by atoms with E-state index < -0.39 is 0 Å². The summed E-state index contributed by atoms with van der Waals surface area (Å²) in [5.41, 5.74) is 0. The minimum absolute atomic E-state index is 0.773. The zero-order valence-corrected chi connectivity index (χ0v) is 8.32. The Labute approximate surface area is 71.6 Å². The molecule has 68 valence electrons. The first kappa shape index (κ1) is 11.0. The van der Waals surface area contributed by atoms with Crippen molar-refractivity contribution in [2.75, 3.05) is 6.54 Å². The number of unbranched alkanes of at least 4 members (excludes halogenated alkanes) is 1. The monoisotopic (exact) mass is 157 g/mol. The molecule has 1 nitrogen and oxygen atoms in total. The lowest BCUT2D eigenvalue weighted by atomic mass is 10.1. The SMILES string of the molecule is CCCCC(CC)NCCC. The fourth-order valence-electron chi connectivity index (χ4n) is 1.25. The minimum Gasteiger partial charge on any atom is -0.314 e. The molecule has 0 saturated heterocycles. The van der Waals surface area contributed by atoms with Crippen LogP contribution in [0.5, 0.6) is 0 Å². The number of hydrogen-bond acceptors (Lipinski definition) is 1. The van der Waals surface area contributed by atoms with Crippen LogP contribution in [0.3, 0.4) is 0 Å². The second kappa shape index (κ2) is 8.06. The molecule has 0 aliphatic rings. The molecule has 0 spiro atoms. The summed E-state index contributed by atoms with van der Waals surface area (Å²) in [6.45, 7) is 7.93. The average Bonchev–Trinajstić information content (AvgIpc) is 2.05. The molecule has 1 atom stereocenters. The highest BCUT2D eigenvalue weighted by Crippen LogP contribution is 2.03. The van der Waals surface area contributed by atoms with Crippen molar-refractivity contribution in [3.63, 3.8) is 0 Å². The van der Waals surface area contributed by atoms with E-state index in [9.17, 15) is 0 Å². The normalized spacial score (nSPS) is 13.4. The zero-order chi connectivity index (χ0) is 8.53. The van der Waals surface area contributed by atoms with Gasteiger partial charge >= 0.3 is 0 Å². The molecule has 1 N–H and O–H groups in total. The third kappa shape index (κ3) is 6.36. The predicted molar refractivity (Wildman–Crippen MR) is 51.9 cm³/mol. The second-order valence-corrected chi connectivity index (χ2v) is 3.20. The van der Waals surface area contributed by atoms with Crippen LogP contribution < -0.4 is 5.32 Å². The van der Waals surface area contributed by atoms with Crippen molar-refractivity contribution in [1.29, 1.82) is 0 Å². The summed E-state index contributed by atoms with van der Waals surface area (Å²) in [6.07, 6.45) is 6.58. The molecule has 0 aromatic rings. The van der Waals surface area contributed by atoms with Gasteiger partial charge in [-0.3, -0.25) is 0 Å². The van der Waals surface area contributed by atoms with Gasteiger partial charge < -0.3 is 5.32 Å². The molecule has 0 aliphatic carbocycles. The van der Waals surface area contributed by atoms with Crippen LogP contribution in [0.2, 0.25) is 0 Å². The van der Waals surface area contributed by atoms with Gasteiger partial charge in [0.2, 0.25) is 0 Å². The van der Waals surface area contributed by atoms with Crippen LogP contribution in [0.25, 0.3) is 0 Å². The average molecular weight is 157 g/mol. The maximum atomic E-state index is 3.55. The summed E-state index contributed by atoms with van der Waals surface area (Å²) in [7, 11) is 0. The van der Waals surface area contributed by atoms with Crippen LogP contribution in [0.1, 0.15) is 52.9 Å². The van der Waals surface area contributed by atoms with Gasteiger partial charge in [-0.2, -0.15) is 0 Å². The molecule has 0 amide bonds. The summed E-state index contributed by atoms with van der Waals surface area (Å²) in [6, 6.07) is 0.773. The minimum atomic E-state index is 0.773. The van der Waals surface area contributed by atoms with Gasteiger partial charge in [-0.05, 0) is 25.8 Å². The van der Waals surface area contributed by atoms with E-state index in [1.807, 2.05) is 0 Å². The molecule has 0 heterocycles. The lowest BCUT2D eigenvalue weighted by Gasteiger charge is -2.15. The first-order valence-corrected chi connectivity index (χ1v) is 5.08. The van der Waals surface area contributed by atoms with Gasteiger partial charge in [-0.1, -0.05) is 33.6 Å². The topological polar surface area (TPSA) is 12.0 Å². The Morgan fingerprint density at radius 1 is 1.09 bits per heavy atom. The Bertz CT molecular complexity index is 63.3. The molecule has 0 aliphatic heterocycles. The molecule has 0 bridgehead atoms. The van der Waals surface area contributed by atoms with Gasteiger partial charge in [0, 0.05) is 6.04 Å². The first-order chi connectivity index (χ1) is 5.35. The van der Waals surface area contributed by atoms with Gasteiger partial charge in [0.1, 0.15) is 0 Å². The van der Waals surface area contributed by atoms with Crippen LogP contribution in [-0.2, 0) is 0 Å². The van der Waals surface area contributed by atoms with E-state index in [1.54, 1.807) is 0 Å². The summed E-state index contributed by atoms with van der Waals surface area (Å²) in [5, 5.41) is 3.55. The molecular weight excluding hydrogens is 134 g/mol. The quantitative estimate of drug-likeness (QED) is 0.599. The smallest absolute Gasteiger partial charge is 0.00644 e. The summed E-state index contributed by atoms with van der Waals surface area (Å²) < 4.78 is 0. The largest absolute Gasteiger partial charge is 0.314 e. The molecule has 1 unspecified atom stereocenters. The van der Waals surface area contributed by atoms with E-state index in [0.717, 1.165) is 6.04 Å². The maximum absolute atomic E-state index is 3.55. The number of rotatable bonds is 7. The summed E-state index contributed by atoms with van der Waals surface area (Å²) >= 11 is 0. The Balaban J connectivity index is 3.25. The van der Waals surface area contributed by atoms with Crippen molar-refractivity contribution in [3.8, 4) is 0 Å². The standard InChI is InChI=1S/C10H23N/c1-4-7-8-10(6-3)11-9-5-2/h10-11H,4-9H2,1-3H3. The van der Waals surface area contributed by atoms with E-state index in [0.29, 0.717) is 0 Å². The summed E-state index contributed by atoms with van der Waals surface area (Å²) in [5.74, 6) is 0. The lowest BCUT2D eigenvalue weighted by Crippen LogP contribution is -2.28. The van der Waals surface area contributed by atoms with Crippen LogP contribution in [0.15, 0.2) is 0 Å². The van der Waals surface area contributed by atoms with Crippen molar-refractivity contribution in [2.24, 2.45) is 0 Å². The fraction of sp³-hybridized carbons (Fsp3) is 1.00. The van der Waals surface area contributed by atoms with Crippen molar-refractivity contribution in [2.45, 2.75) is 58.9 Å². The summed E-state index contributed by atoms with van der Waals surface area (Å²) in [4.78, 5) is 0. The third-order valence-corrected chi connectivity index (χ3v) is 2.08. The van der Waals surface area contributed by atoms with Gasteiger partial charge in [0.25, 0.3) is 0 Å². The van der Waals surface area contributed by atoms with Gasteiger partial charge in [-0.15, -0.1) is 0 Å². The molecule has 0 aromatic carbocycles. The predicted octanol–water partition coefficient (Wildman–Crippen LogP) is 2.95. The first-order valence-electron chi connectivity index (χ1n) is 5.08. The molecule has 0 saturated carbocycles. The Morgan fingerprint density at radius 3 is 2.27 bits per heavy atom. The highest BCUT2D eigenvalue weighted by molar-refractivity contribution is 4.63. The Kier molecular flexibility index (Phi) is 8.03. The van der Waals surface area contributed by atoms with Crippen molar-refractivity contribution >= 4 is 0 Å². The van der Waals surface area contributed by atoms with E-state index >= 15 is 0 Å². The van der Waals surface area contributed by atoms with Crippen LogP contribution in [-0.4, -0.2) is 12.6 Å². The van der Waals surface area contributed by atoms with E-state index in [2.05, 4.69) is 26.1 Å². The fourth-order valence-corrected chi connectivity index (χ4v) is 1.25. The molecule has 0 aromatic heterocycles. The molecular formula is C10H23N. The van der Waals surface area contributed by atoms with Crippen molar-refractivity contribution < 1.29 is 0 Å². The molecule has 0 rings (SSSR count). The van der Waals surface area contributed by atoms with Crippen LogP contribution in [0, 0.1) is 0 Å². The van der Waals surface area contributed by atoms with Crippen LogP contribution >= 0.6 is 0 Å². The van der Waals surface area contributed by atoms with Crippen molar-refractivity contribution in [3.05, 3.63) is 0 Å². The molecule has 0 radical (unpaired) electrons. The van der Waals surface area contributed by atoms with E-state index in [-0.39, 0.29) is 0 Å². The zero-order valence-electron chi connectivity index (χ0n) is 8.32. The van der Waals surface area contributed by atoms with E-state index in [4.69, 9.17) is 0 Å². The molecule has 0 fully saturated rings. The van der Waals surface area contributed by atoms with Gasteiger partial charge in [0.05, 0.1) is 0 Å². The van der Waals surface area contributed by atoms with Crippen molar-refractivity contribution in [1.82, 2.24) is 5.32 Å². The van der Waals surface area contributed by atoms with Gasteiger partial charge in [-0.25, -0.2) is 0 Å². The highest BCUT2D eigenvalue weighted by atomic mass is 14.9. The van der Waals surface area contributed by atoms with Gasteiger partial charge in [0.15, 0.2) is 0 Å². The number of nitrogens with one attached hydrogen (secondary N) is 1. The lowest BCUT2D eigenvalue weighted by molar-refractivity contribution is 0.453. The van der Waals surface area contributed by atoms with Crippen LogP contribution in [0.4, 0.5) is 0 Å². The third-order valence-electron chi connectivity index (χ3n) is 2.08.